The van der Waals surface area contributed by atoms with E-state index < -0.39 is 0 Å². The minimum atomic E-state index is 0.950. The Balaban J connectivity index is 2.24. The number of allylic oxidation sites excluding steroid dienone is 1. The number of nitrogens with one attached hydrogen (secondary N) is 1. The van der Waals surface area contributed by atoms with E-state index in [0.717, 1.165) is 13.1 Å². The molecule has 12 heavy (non-hydrogen) atoms. The van der Waals surface area contributed by atoms with Crippen molar-refractivity contribution in [3.8, 4) is 0 Å². The molecule has 0 radical (unpaired) electrons. The summed E-state index contributed by atoms with van der Waals surface area (Å²) >= 11 is 5.21. The van der Waals surface area contributed by atoms with E-state index in [4.69, 9.17) is 0 Å². The predicted octanol–water partition coefficient (Wildman–Crippen LogP) is 3.18. The Bertz CT molecular complexity index is 255. The smallest absolute Gasteiger partial charge is 0.0701 e. The summed E-state index contributed by atoms with van der Waals surface area (Å²) < 4.78 is 1.20. The van der Waals surface area contributed by atoms with E-state index in [1.54, 1.807) is 11.3 Å². The average Bonchev–Trinajstić information content (AvgIpc) is 2.45. The van der Waals surface area contributed by atoms with Crippen molar-refractivity contribution >= 4 is 27.3 Å². The van der Waals surface area contributed by atoms with Crippen molar-refractivity contribution in [2.75, 3.05) is 6.54 Å². The third-order valence-electron chi connectivity index (χ3n) is 1.43. The number of rotatable bonds is 4. The molecule has 0 spiro atoms. The first kappa shape index (κ1) is 9.96. The summed E-state index contributed by atoms with van der Waals surface area (Å²) in [5.74, 6) is 0. The third kappa shape index (κ3) is 3.52. The summed E-state index contributed by atoms with van der Waals surface area (Å²) in [4.78, 5) is 1.37. The normalized spacial score (nSPS) is 11.2. The molecule has 0 unspecified atom stereocenters. The van der Waals surface area contributed by atoms with Gasteiger partial charge in [0.15, 0.2) is 0 Å². The molecule has 1 rings (SSSR count). The topological polar surface area (TPSA) is 12.0 Å². The van der Waals surface area contributed by atoms with Crippen LogP contribution < -0.4 is 5.32 Å². The minimum Gasteiger partial charge on any atom is -0.308 e. The molecule has 1 aromatic rings. The van der Waals surface area contributed by atoms with Gasteiger partial charge in [0.1, 0.15) is 0 Å². The zero-order chi connectivity index (χ0) is 8.81. The summed E-state index contributed by atoms with van der Waals surface area (Å²) in [5, 5.41) is 3.32. The lowest BCUT2D eigenvalue weighted by Crippen LogP contribution is -2.11. The van der Waals surface area contributed by atoms with Crippen molar-refractivity contribution in [1.82, 2.24) is 5.32 Å². The van der Waals surface area contributed by atoms with E-state index in [9.17, 15) is 0 Å². The second-order valence-corrected chi connectivity index (χ2v) is 4.95. The van der Waals surface area contributed by atoms with Gasteiger partial charge in [-0.2, -0.15) is 0 Å². The lowest BCUT2D eigenvalue weighted by atomic mass is 10.4. The molecule has 3 heteroatoms. The standard InChI is InChI=1S/C9H12BrNS/c1-2-3-6-11-7-8-4-5-9(10)12-8/h2-5,11H,6-7H2,1H3/b3-2+. The molecule has 0 aliphatic heterocycles. The molecule has 1 aromatic heterocycles. The van der Waals surface area contributed by atoms with Crippen LogP contribution in [0.15, 0.2) is 28.1 Å². The number of hydrogen-bond donors (Lipinski definition) is 1. The predicted molar refractivity (Wildman–Crippen MR) is 58.5 cm³/mol. The molecule has 0 saturated carbocycles. The van der Waals surface area contributed by atoms with Gasteiger partial charge < -0.3 is 5.32 Å². The molecule has 0 bridgehead atoms. The van der Waals surface area contributed by atoms with Gasteiger partial charge in [-0.05, 0) is 35.0 Å². The van der Waals surface area contributed by atoms with Crippen molar-refractivity contribution in [2.45, 2.75) is 13.5 Å². The highest BCUT2D eigenvalue weighted by molar-refractivity contribution is 9.11. The highest BCUT2D eigenvalue weighted by Crippen LogP contribution is 2.21. The van der Waals surface area contributed by atoms with Crippen LogP contribution in [0.4, 0.5) is 0 Å². The van der Waals surface area contributed by atoms with Gasteiger partial charge in [-0.3, -0.25) is 0 Å². The Hall–Kier alpha value is -0.120. The Kier molecular flexibility index (Phi) is 4.58. The number of halogens is 1. The molecular formula is C9H12BrNS. The maximum atomic E-state index is 3.43. The molecule has 66 valence electrons. The molecule has 0 atom stereocenters. The minimum absolute atomic E-state index is 0.950. The zero-order valence-electron chi connectivity index (χ0n) is 7.01. The van der Waals surface area contributed by atoms with E-state index in [1.165, 1.54) is 8.66 Å². The van der Waals surface area contributed by atoms with Gasteiger partial charge in [0.25, 0.3) is 0 Å². The second kappa shape index (κ2) is 5.51. The van der Waals surface area contributed by atoms with Crippen LogP contribution in [0.3, 0.4) is 0 Å². The van der Waals surface area contributed by atoms with Gasteiger partial charge in [0.2, 0.25) is 0 Å². The molecule has 0 amide bonds. The van der Waals surface area contributed by atoms with Crippen molar-refractivity contribution in [3.63, 3.8) is 0 Å². The lowest BCUT2D eigenvalue weighted by Gasteiger charge is -1.96. The van der Waals surface area contributed by atoms with Crippen LogP contribution in [-0.2, 0) is 6.54 Å². The lowest BCUT2D eigenvalue weighted by molar-refractivity contribution is 0.769. The SMILES string of the molecule is C/C=C/CNCc1ccc(Br)s1. The van der Waals surface area contributed by atoms with Crippen LogP contribution >= 0.6 is 27.3 Å². The molecule has 1 heterocycles. The number of hydrogen-bond acceptors (Lipinski definition) is 2. The Morgan fingerprint density at radius 1 is 1.58 bits per heavy atom. The first-order chi connectivity index (χ1) is 5.83. The summed E-state index contributed by atoms with van der Waals surface area (Å²) in [6.07, 6.45) is 4.17. The summed E-state index contributed by atoms with van der Waals surface area (Å²) in [5.41, 5.74) is 0. The van der Waals surface area contributed by atoms with Crippen LogP contribution in [0.25, 0.3) is 0 Å². The van der Waals surface area contributed by atoms with Crippen molar-refractivity contribution in [2.24, 2.45) is 0 Å². The van der Waals surface area contributed by atoms with E-state index in [2.05, 4.69) is 45.5 Å². The van der Waals surface area contributed by atoms with Crippen LogP contribution in [0.1, 0.15) is 11.8 Å². The van der Waals surface area contributed by atoms with Crippen molar-refractivity contribution < 1.29 is 0 Å². The molecule has 0 aliphatic rings. The van der Waals surface area contributed by atoms with Crippen LogP contribution in [0.5, 0.6) is 0 Å². The molecule has 1 nitrogen and oxygen atoms in total. The van der Waals surface area contributed by atoms with E-state index in [-0.39, 0.29) is 0 Å². The number of thiophene rings is 1. The quantitative estimate of drug-likeness (QED) is 0.635. The average molecular weight is 246 g/mol. The van der Waals surface area contributed by atoms with Gasteiger partial charge in [-0.15, -0.1) is 11.3 Å². The molecular weight excluding hydrogens is 234 g/mol. The third-order valence-corrected chi connectivity index (χ3v) is 3.05. The van der Waals surface area contributed by atoms with Gasteiger partial charge in [-0.25, -0.2) is 0 Å². The zero-order valence-corrected chi connectivity index (χ0v) is 9.41. The summed E-state index contributed by atoms with van der Waals surface area (Å²) in [7, 11) is 0. The fourth-order valence-corrected chi connectivity index (χ4v) is 2.30. The van der Waals surface area contributed by atoms with E-state index in [1.807, 2.05) is 6.92 Å². The molecule has 0 aliphatic carbocycles. The van der Waals surface area contributed by atoms with E-state index in [0.29, 0.717) is 0 Å². The monoisotopic (exact) mass is 245 g/mol. The maximum Gasteiger partial charge on any atom is 0.0701 e. The van der Waals surface area contributed by atoms with E-state index >= 15 is 0 Å². The molecule has 0 fully saturated rings. The summed E-state index contributed by atoms with van der Waals surface area (Å²) in [6.45, 7) is 3.94. The first-order valence-electron chi connectivity index (χ1n) is 3.89. The van der Waals surface area contributed by atoms with Gasteiger partial charge in [-0.1, -0.05) is 12.2 Å². The van der Waals surface area contributed by atoms with Crippen LogP contribution in [0, 0.1) is 0 Å². The van der Waals surface area contributed by atoms with Crippen LogP contribution in [0.2, 0.25) is 0 Å². The highest BCUT2D eigenvalue weighted by atomic mass is 79.9. The molecule has 1 N–H and O–H groups in total. The molecule has 0 aromatic carbocycles. The van der Waals surface area contributed by atoms with Crippen LogP contribution in [-0.4, -0.2) is 6.54 Å². The fraction of sp³-hybridized carbons (Fsp3) is 0.333. The van der Waals surface area contributed by atoms with Gasteiger partial charge in [0.05, 0.1) is 3.79 Å². The second-order valence-electron chi connectivity index (χ2n) is 2.41. The van der Waals surface area contributed by atoms with Crippen molar-refractivity contribution in [3.05, 3.63) is 32.9 Å². The fourth-order valence-electron chi connectivity index (χ4n) is 0.843. The largest absolute Gasteiger partial charge is 0.308 e. The molecule has 0 saturated heterocycles. The highest BCUT2D eigenvalue weighted by Gasteiger charge is 1.94. The van der Waals surface area contributed by atoms with Gasteiger partial charge in [0, 0.05) is 18.0 Å². The summed E-state index contributed by atoms with van der Waals surface area (Å²) in [6, 6.07) is 4.22. The van der Waals surface area contributed by atoms with Crippen molar-refractivity contribution in [1.29, 1.82) is 0 Å². The Morgan fingerprint density at radius 3 is 3.00 bits per heavy atom. The first-order valence-corrected chi connectivity index (χ1v) is 5.50. The Morgan fingerprint density at radius 2 is 2.42 bits per heavy atom. The maximum absolute atomic E-state index is 3.43. The van der Waals surface area contributed by atoms with Gasteiger partial charge >= 0.3 is 0 Å². The Labute approximate surface area is 85.6 Å².